The number of nitrogens with zero attached hydrogens (tertiary/aromatic N) is 2. The Bertz CT molecular complexity index is 937. The van der Waals surface area contributed by atoms with E-state index in [0.717, 1.165) is 25.1 Å². The molecule has 2 aromatic rings. The highest BCUT2D eigenvalue weighted by Gasteiger charge is 2.30. The van der Waals surface area contributed by atoms with Gasteiger partial charge in [0.25, 0.3) is 10.0 Å². The van der Waals surface area contributed by atoms with Crippen LogP contribution in [-0.2, 0) is 15.8 Å². The van der Waals surface area contributed by atoms with Crippen LogP contribution in [0.5, 0.6) is 0 Å². The number of amidine groups is 1. The molecule has 1 heterocycles. The van der Waals surface area contributed by atoms with Crippen LogP contribution in [0.1, 0.15) is 36.5 Å². The van der Waals surface area contributed by atoms with Gasteiger partial charge in [-0.2, -0.15) is 8.42 Å². The average Bonchev–Trinajstić information content (AvgIpc) is 2.62. The van der Waals surface area contributed by atoms with Crippen LogP contribution in [0.25, 0.3) is 0 Å². The molecule has 0 radical (unpaired) electrons. The third-order valence-corrected chi connectivity index (χ3v) is 6.91. The van der Waals surface area contributed by atoms with Gasteiger partial charge in [-0.05, 0) is 43.5 Å². The molecule has 4 nitrogen and oxygen atoms in total. The molecule has 1 aliphatic rings. The van der Waals surface area contributed by atoms with Gasteiger partial charge in [-0.25, -0.2) is 0 Å². The summed E-state index contributed by atoms with van der Waals surface area (Å²) in [6, 6.07) is 13.5. The summed E-state index contributed by atoms with van der Waals surface area (Å²) in [4.78, 5) is 2.35. The van der Waals surface area contributed by atoms with Gasteiger partial charge in [0.05, 0.1) is 5.69 Å². The number of hydrogen-bond donors (Lipinski definition) is 0. The zero-order valence-corrected chi connectivity index (χ0v) is 17.0. The molecule has 26 heavy (non-hydrogen) atoms. The van der Waals surface area contributed by atoms with Gasteiger partial charge in [0, 0.05) is 12.3 Å². The zero-order chi connectivity index (χ0) is 18.7. The number of unbranched alkanes of at least 4 members (excludes halogenated alkanes) is 1. The van der Waals surface area contributed by atoms with Gasteiger partial charge in [0.2, 0.25) is 0 Å². The van der Waals surface area contributed by atoms with Crippen molar-refractivity contribution in [2.24, 2.45) is 4.40 Å². The highest BCUT2D eigenvalue weighted by molar-refractivity contribution is 8.14. The first-order valence-electron chi connectivity index (χ1n) is 8.83. The van der Waals surface area contributed by atoms with Crippen molar-refractivity contribution in [2.45, 2.75) is 44.3 Å². The molecular weight excluding hydrogens is 364 g/mol. The molecule has 0 fully saturated rings. The average molecular weight is 389 g/mol. The maximum atomic E-state index is 12.6. The molecule has 0 N–H and O–H groups in total. The van der Waals surface area contributed by atoms with Crippen LogP contribution in [0.4, 0.5) is 5.69 Å². The molecule has 2 aromatic carbocycles. The number of anilines is 1. The Morgan fingerprint density at radius 1 is 1.12 bits per heavy atom. The van der Waals surface area contributed by atoms with Gasteiger partial charge in [-0.1, -0.05) is 61.0 Å². The second-order valence-electron chi connectivity index (χ2n) is 6.54. The van der Waals surface area contributed by atoms with Crippen molar-refractivity contribution >= 4 is 32.6 Å². The van der Waals surface area contributed by atoms with Crippen molar-refractivity contribution in [1.29, 1.82) is 0 Å². The number of fused-ring (bicyclic) bond motifs is 1. The number of benzene rings is 2. The Morgan fingerprint density at radius 3 is 2.65 bits per heavy atom. The Labute approximate surface area is 160 Å². The van der Waals surface area contributed by atoms with E-state index in [1.807, 2.05) is 12.1 Å². The number of hydrogen-bond acceptors (Lipinski definition) is 4. The fourth-order valence-corrected chi connectivity index (χ4v) is 5.48. The number of aryl methyl sites for hydroxylation is 2. The first-order chi connectivity index (χ1) is 12.4. The molecule has 0 atom stereocenters. The van der Waals surface area contributed by atoms with E-state index in [2.05, 4.69) is 48.3 Å². The molecule has 0 bridgehead atoms. The van der Waals surface area contributed by atoms with Gasteiger partial charge in [-0.3, -0.25) is 0 Å². The summed E-state index contributed by atoms with van der Waals surface area (Å²) in [6.07, 6.45) is 2.03. The first kappa shape index (κ1) is 19.0. The lowest BCUT2D eigenvalue weighted by atomic mass is 10.1. The Kier molecular flexibility index (Phi) is 5.73. The normalized spacial score (nSPS) is 15.5. The summed E-state index contributed by atoms with van der Waals surface area (Å²) in [6.45, 7) is 7.05. The minimum absolute atomic E-state index is 0.298. The van der Waals surface area contributed by atoms with Crippen molar-refractivity contribution in [3.05, 3.63) is 59.2 Å². The van der Waals surface area contributed by atoms with E-state index in [-0.39, 0.29) is 0 Å². The molecule has 0 spiro atoms. The molecule has 0 saturated heterocycles. The number of sulfonamides is 1. The van der Waals surface area contributed by atoms with E-state index in [1.165, 1.54) is 28.5 Å². The third-order valence-electron chi connectivity index (χ3n) is 4.46. The van der Waals surface area contributed by atoms with Gasteiger partial charge >= 0.3 is 0 Å². The van der Waals surface area contributed by atoms with Crippen LogP contribution in [0.2, 0.25) is 0 Å². The second kappa shape index (κ2) is 7.84. The molecular formula is C20H24N2O2S2. The van der Waals surface area contributed by atoms with Crippen LogP contribution in [0, 0.1) is 13.8 Å². The van der Waals surface area contributed by atoms with Crippen molar-refractivity contribution in [1.82, 2.24) is 0 Å². The Balaban J connectivity index is 1.93. The maximum Gasteiger partial charge on any atom is 0.286 e. The summed E-state index contributed by atoms with van der Waals surface area (Å²) in [5, 5.41) is 0.568. The van der Waals surface area contributed by atoms with E-state index >= 15 is 0 Å². The topological polar surface area (TPSA) is 49.7 Å². The zero-order valence-electron chi connectivity index (χ0n) is 15.4. The van der Waals surface area contributed by atoms with Crippen molar-refractivity contribution < 1.29 is 8.42 Å². The fraction of sp³-hybridized carbons (Fsp3) is 0.350. The Hall–Kier alpha value is -1.79. The van der Waals surface area contributed by atoms with Gasteiger partial charge < -0.3 is 4.90 Å². The number of rotatable bonds is 5. The third kappa shape index (κ3) is 3.96. The van der Waals surface area contributed by atoms with Crippen molar-refractivity contribution in [3.8, 4) is 0 Å². The molecule has 1 aliphatic heterocycles. The summed E-state index contributed by atoms with van der Waals surface area (Å²) < 4.78 is 29.4. The summed E-state index contributed by atoms with van der Waals surface area (Å²) in [5.74, 6) is 0.701. The van der Waals surface area contributed by atoms with Crippen LogP contribution in [0.3, 0.4) is 0 Å². The summed E-state index contributed by atoms with van der Waals surface area (Å²) >= 11 is 1.49. The van der Waals surface area contributed by atoms with Crippen LogP contribution >= 0.6 is 11.8 Å². The van der Waals surface area contributed by atoms with Gasteiger partial charge in [-0.15, -0.1) is 4.40 Å². The van der Waals surface area contributed by atoms with E-state index in [9.17, 15) is 8.42 Å². The van der Waals surface area contributed by atoms with Crippen LogP contribution in [0.15, 0.2) is 51.8 Å². The SMILES string of the molecule is CCCCN1C(SCc2cc(C)ccc2C)=NS(=O)(=O)c2ccccc21. The van der Waals surface area contributed by atoms with Crippen LogP contribution < -0.4 is 4.90 Å². The molecule has 0 aliphatic carbocycles. The molecule has 0 amide bonds. The fourth-order valence-electron chi connectivity index (χ4n) is 2.94. The second-order valence-corrected chi connectivity index (χ2v) is 9.06. The minimum Gasteiger partial charge on any atom is -0.319 e. The minimum atomic E-state index is -3.65. The summed E-state index contributed by atoms with van der Waals surface area (Å²) in [7, 11) is -3.65. The predicted molar refractivity (Wildman–Crippen MR) is 111 cm³/mol. The number of thioether (sulfide) groups is 1. The van der Waals surface area contributed by atoms with Crippen molar-refractivity contribution in [3.63, 3.8) is 0 Å². The predicted octanol–water partition coefficient (Wildman–Crippen LogP) is 4.90. The highest BCUT2D eigenvalue weighted by Crippen LogP contribution is 2.35. The smallest absolute Gasteiger partial charge is 0.286 e. The lowest BCUT2D eigenvalue weighted by Crippen LogP contribution is -2.34. The van der Waals surface area contributed by atoms with Crippen LogP contribution in [-0.4, -0.2) is 20.1 Å². The molecule has 0 saturated carbocycles. The van der Waals surface area contributed by atoms with E-state index in [4.69, 9.17) is 0 Å². The van der Waals surface area contributed by atoms with E-state index in [0.29, 0.717) is 15.8 Å². The molecule has 0 aromatic heterocycles. The quantitative estimate of drug-likeness (QED) is 0.731. The lowest BCUT2D eigenvalue weighted by molar-refractivity contribution is 0.596. The standard InChI is InChI=1S/C20H24N2O2S2/c1-4-5-12-22-18-8-6-7-9-19(18)26(23,24)21-20(22)25-14-17-13-15(2)10-11-16(17)3/h6-11,13H,4-5,12,14H2,1-3H3. The lowest BCUT2D eigenvalue weighted by Gasteiger charge is -2.30. The Morgan fingerprint density at radius 2 is 1.88 bits per heavy atom. The molecule has 3 rings (SSSR count). The molecule has 0 unspecified atom stereocenters. The van der Waals surface area contributed by atoms with Gasteiger partial charge in [0.1, 0.15) is 4.90 Å². The molecule has 6 heteroatoms. The van der Waals surface area contributed by atoms with E-state index < -0.39 is 10.0 Å². The summed E-state index contributed by atoms with van der Waals surface area (Å²) in [5.41, 5.74) is 4.37. The van der Waals surface area contributed by atoms with Crippen molar-refractivity contribution in [2.75, 3.05) is 11.4 Å². The number of para-hydroxylation sites is 1. The first-order valence-corrected chi connectivity index (χ1v) is 11.3. The van der Waals surface area contributed by atoms with Gasteiger partial charge in [0.15, 0.2) is 5.17 Å². The van der Waals surface area contributed by atoms with E-state index in [1.54, 1.807) is 12.1 Å². The maximum absolute atomic E-state index is 12.6. The molecule has 138 valence electrons. The largest absolute Gasteiger partial charge is 0.319 e. The highest BCUT2D eigenvalue weighted by atomic mass is 32.2. The monoisotopic (exact) mass is 388 g/mol.